The molecule has 0 radical (unpaired) electrons. The van der Waals surface area contributed by atoms with Crippen LogP contribution in [0.3, 0.4) is 0 Å². The van der Waals surface area contributed by atoms with Crippen molar-refractivity contribution in [2.24, 2.45) is 4.36 Å². The van der Waals surface area contributed by atoms with Gasteiger partial charge in [-0.1, -0.05) is 5.87 Å². The Morgan fingerprint density at radius 1 is 1.19 bits per heavy atom. The van der Waals surface area contributed by atoms with Gasteiger partial charge in [0.2, 0.25) is 5.88 Å². The summed E-state index contributed by atoms with van der Waals surface area (Å²) in [5.74, 6) is 5.60. The van der Waals surface area contributed by atoms with Crippen molar-refractivity contribution in [1.82, 2.24) is 24.5 Å². The van der Waals surface area contributed by atoms with E-state index < -0.39 is 9.41 Å². The van der Waals surface area contributed by atoms with Crippen LogP contribution in [-0.2, 0) is 14.2 Å². The second-order valence-electron chi connectivity index (χ2n) is 9.90. The molecule has 5 heterocycles. The molecule has 0 spiro atoms. The summed E-state index contributed by atoms with van der Waals surface area (Å²) in [7, 11) is -1.09. The molecule has 11 heteroatoms. The monoisotopic (exact) mass is 522 g/mol. The maximum absolute atomic E-state index is 9.65. The van der Waals surface area contributed by atoms with Crippen molar-refractivity contribution in [3.05, 3.63) is 36.3 Å². The maximum Gasteiger partial charge on any atom is 0.233 e. The molecular formula is C26H34N8O2S. The molecule has 5 rings (SSSR count). The third-order valence-electron chi connectivity index (χ3n) is 6.60. The van der Waals surface area contributed by atoms with E-state index in [0.717, 1.165) is 70.2 Å². The van der Waals surface area contributed by atoms with E-state index in [1.165, 1.54) is 0 Å². The normalized spacial score (nSPS) is 17.6. The van der Waals surface area contributed by atoms with Gasteiger partial charge in [-0.05, 0) is 37.5 Å². The molecule has 0 aromatic carbocycles. The first-order valence-electron chi connectivity index (χ1n) is 12.6. The van der Waals surface area contributed by atoms with Gasteiger partial charge in [0.1, 0.15) is 35.3 Å². The molecule has 3 aromatic heterocycles. The van der Waals surface area contributed by atoms with Crippen LogP contribution < -0.4 is 9.64 Å². The number of fused-ring (bicyclic) bond motifs is 1. The van der Waals surface area contributed by atoms with Gasteiger partial charge in [0, 0.05) is 44.5 Å². The molecule has 10 nitrogen and oxygen atoms in total. The van der Waals surface area contributed by atoms with Gasteiger partial charge in [-0.15, -0.1) is 9.41 Å². The van der Waals surface area contributed by atoms with Gasteiger partial charge < -0.3 is 14.4 Å². The summed E-state index contributed by atoms with van der Waals surface area (Å²) < 4.78 is 18.0. The highest BCUT2D eigenvalue weighted by atomic mass is 32.2. The minimum atomic E-state index is -1.09. The third kappa shape index (κ3) is 6.21. The number of pyridine rings is 1. The quantitative estimate of drug-likeness (QED) is 0.436. The SMILES string of the molecule is C=S(C)(C)=NC1CCN(c2ccc(-c3nc(OCCN4CCOCC4)cn4ncc(C#N)c34)cn2)CC1. The maximum atomic E-state index is 9.65. The van der Waals surface area contributed by atoms with Crippen LogP contribution in [0.15, 0.2) is 35.1 Å². The number of morpholine rings is 1. The second-order valence-corrected chi connectivity index (χ2v) is 13.1. The van der Waals surface area contributed by atoms with Crippen LogP contribution in [-0.4, -0.2) is 101 Å². The highest BCUT2D eigenvalue weighted by Crippen LogP contribution is 2.29. The molecule has 0 saturated carbocycles. The minimum absolute atomic E-state index is 0.382. The van der Waals surface area contributed by atoms with Gasteiger partial charge >= 0.3 is 0 Å². The molecule has 2 aliphatic rings. The number of anilines is 1. The van der Waals surface area contributed by atoms with Crippen molar-refractivity contribution >= 4 is 26.6 Å². The molecule has 2 aliphatic heterocycles. The number of rotatable bonds is 7. The first kappa shape index (κ1) is 25.4. The van der Waals surface area contributed by atoms with Crippen molar-refractivity contribution in [3.8, 4) is 23.2 Å². The lowest BCUT2D eigenvalue weighted by Gasteiger charge is -2.31. The van der Waals surface area contributed by atoms with Crippen molar-refractivity contribution in [2.45, 2.75) is 18.9 Å². The average molecular weight is 523 g/mol. The van der Waals surface area contributed by atoms with Crippen LogP contribution in [0, 0.1) is 11.3 Å². The Morgan fingerprint density at radius 2 is 1.97 bits per heavy atom. The molecule has 0 atom stereocenters. The minimum Gasteiger partial charge on any atom is -0.475 e. The van der Waals surface area contributed by atoms with Crippen LogP contribution >= 0.6 is 0 Å². The summed E-state index contributed by atoms with van der Waals surface area (Å²) in [6.45, 7) is 6.48. The highest BCUT2D eigenvalue weighted by Gasteiger charge is 2.21. The van der Waals surface area contributed by atoms with E-state index in [1.54, 1.807) is 16.9 Å². The zero-order chi connectivity index (χ0) is 25.8. The standard InChI is InChI=1S/C26H34N8O2S/c1-37(2,3)31-22-6-8-33(9-7-22)23-5-4-20(17-28-23)25-26-21(16-27)18-29-34(26)19-24(30-25)36-15-12-32-10-13-35-14-11-32/h4-5,17-19,22H,1,6-15H2,2-3H3. The van der Waals surface area contributed by atoms with Gasteiger partial charge in [-0.3, -0.25) is 9.26 Å². The Labute approximate surface area is 218 Å². The summed E-state index contributed by atoms with van der Waals surface area (Å²) >= 11 is 0. The fourth-order valence-electron chi connectivity index (χ4n) is 4.77. The molecular weight excluding hydrogens is 488 g/mol. The number of nitriles is 1. The zero-order valence-electron chi connectivity index (χ0n) is 21.5. The fraction of sp³-hybridized carbons (Fsp3) is 0.500. The molecule has 196 valence electrons. The van der Waals surface area contributed by atoms with Crippen LogP contribution in [0.2, 0.25) is 0 Å². The van der Waals surface area contributed by atoms with Crippen LogP contribution in [0.25, 0.3) is 16.8 Å². The van der Waals surface area contributed by atoms with Gasteiger partial charge in [0.15, 0.2) is 0 Å². The Hall–Kier alpha value is -3.20. The van der Waals surface area contributed by atoms with E-state index in [0.29, 0.717) is 35.3 Å². The number of nitrogens with zero attached hydrogens (tertiary/aromatic N) is 8. The third-order valence-corrected chi connectivity index (χ3v) is 7.47. The first-order valence-corrected chi connectivity index (χ1v) is 15.2. The Bertz CT molecular complexity index is 1380. The summed E-state index contributed by atoms with van der Waals surface area (Å²) in [4.78, 5) is 14.1. The Balaban J connectivity index is 1.33. The summed E-state index contributed by atoms with van der Waals surface area (Å²) in [6.07, 6.45) is 11.4. The largest absolute Gasteiger partial charge is 0.475 e. The van der Waals surface area contributed by atoms with E-state index in [2.05, 4.69) is 39.3 Å². The van der Waals surface area contributed by atoms with Gasteiger partial charge in [0.05, 0.1) is 31.6 Å². The van der Waals surface area contributed by atoms with Crippen molar-refractivity contribution in [3.63, 3.8) is 0 Å². The fourth-order valence-corrected chi connectivity index (χ4v) is 5.78. The first-order chi connectivity index (χ1) is 17.9. The lowest BCUT2D eigenvalue weighted by Crippen LogP contribution is -2.38. The number of ether oxygens (including phenoxy) is 2. The predicted molar refractivity (Wildman–Crippen MR) is 148 cm³/mol. The Kier molecular flexibility index (Phi) is 7.60. The van der Waals surface area contributed by atoms with E-state index in [1.807, 2.05) is 18.3 Å². The summed E-state index contributed by atoms with van der Waals surface area (Å²) in [5, 5.41) is 14.0. The second kappa shape index (κ2) is 11.0. The van der Waals surface area contributed by atoms with Crippen molar-refractivity contribution in [2.75, 3.05) is 70.0 Å². The van der Waals surface area contributed by atoms with Crippen LogP contribution in [0.1, 0.15) is 18.4 Å². The molecule has 0 amide bonds. The lowest BCUT2D eigenvalue weighted by atomic mass is 10.1. The van der Waals surface area contributed by atoms with Crippen molar-refractivity contribution < 1.29 is 9.47 Å². The number of hydrogen-bond acceptors (Lipinski definition) is 9. The summed E-state index contributed by atoms with van der Waals surface area (Å²) in [5.41, 5.74) is 2.57. The predicted octanol–water partition coefficient (Wildman–Crippen LogP) is 2.37. The molecule has 37 heavy (non-hydrogen) atoms. The molecule has 2 saturated heterocycles. The smallest absolute Gasteiger partial charge is 0.233 e. The van der Waals surface area contributed by atoms with Gasteiger partial charge in [-0.2, -0.15) is 10.4 Å². The molecule has 2 fully saturated rings. The van der Waals surface area contributed by atoms with Crippen molar-refractivity contribution in [1.29, 1.82) is 5.26 Å². The van der Waals surface area contributed by atoms with E-state index in [4.69, 9.17) is 23.8 Å². The molecule has 0 bridgehead atoms. The topological polar surface area (TPSA) is 104 Å². The molecule has 3 aromatic rings. The number of hydrogen-bond donors (Lipinski definition) is 0. The molecule has 0 aliphatic carbocycles. The zero-order valence-corrected chi connectivity index (χ0v) is 22.4. The van der Waals surface area contributed by atoms with E-state index >= 15 is 0 Å². The Morgan fingerprint density at radius 3 is 2.65 bits per heavy atom. The molecule has 0 unspecified atom stereocenters. The lowest BCUT2D eigenvalue weighted by molar-refractivity contribution is 0.0320. The van der Waals surface area contributed by atoms with Crippen LogP contribution in [0.4, 0.5) is 5.82 Å². The van der Waals surface area contributed by atoms with Crippen LogP contribution in [0.5, 0.6) is 5.88 Å². The highest BCUT2D eigenvalue weighted by molar-refractivity contribution is 8.01. The van der Waals surface area contributed by atoms with Gasteiger partial charge in [-0.25, -0.2) is 14.5 Å². The average Bonchev–Trinajstić information content (AvgIpc) is 3.32. The molecule has 0 N–H and O–H groups in total. The summed E-state index contributed by atoms with van der Waals surface area (Å²) in [6, 6.07) is 6.64. The van der Waals surface area contributed by atoms with Gasteiger partial charge in [0.25, 0.3) is 0 Å². The van der Waals surface area contributed by atoms with E-state index in [9.17, 15) is 5.26 Å². The number of piperidine rings is 1. The number of aromatic nitrogens is 4. The van der Waals surface area contributed by atoms with E-state index in [-0.39, 0.29) is 0 Å².